The molecule has 0 spiro atoms. The van der Waals surface area contributed by atoms with Crippen molar-refractivity contribution in [1.82, 2.24) is 5.32 Å². The van der Waals surface area contributed by atoms with E-state index in [2.05, 4.69) is 10.4 Å². The molecule has 0 bridgehead atoms. The minimum Gasteiger partial charge on any atom is -0.295 e. The normalized spacial score (nSPS) is 24.0. The molecule has 1 saturated heterocycles. The van der Waals surface area contributed by atoms with Gasteiger partial charge in [0.05, 0.1) is 20.8 Å². The molecule has 8 heteroatoms. The number of hydrogen-bond donors (Lipinski definition) is 1. The van der Waals surface area contributed by atoms with Gasteiger partial charge in [0, 0.05) is 6.42 Å². The lowest BCUT2D eigenvalue weighted by atomic mass is 10.1. The number of nitrogens with one attached hydrogen (secondary N) is 1. The van der Waals surface area contributed by atoms with E-state index in [0.29, 0.717) is 15.6 Å². The van der Waals surface area contributed by atoms with Gasteiger partial charge in [-0.2, -0.15) is 10.1 Å². The van der Waals surface area contributed by atoms with E-state index >= 15 is 0 Å². The van der Waals surface area contributed by atoms with Gasteiger partial charge >= 0.3 is 0 Å². The topological polar surface area (TPSA) is 78.8 Å². The molecule has 1 N–H and O–H groups in total. The van der Waals surface area contributed by atoms with Crippen molar-refractivity contribution < 1.29 is 14.4 Å². The number of carbonyl (C=O) groups excluding carboxylic acids is 3. The van der Waals surface area contributed by atoms with Gasteiger partial charge in [0.15, 0.2) is 0 Å². The summed E-state index contributed by atoms with van der Waals surface area (Å²) in [6.45, 7) is 1.73. The molecule has 2 atom stereocenters. The van der Waals surface area contributed by atoms with Crippen LogP contribution in [0, 0.1) is 5.92 Å². The molecular formula is C15H13N3O3S2. The Morgan fingerprint density at radius 3 is 2.61 bits per heavy atom. The summed E-state index contributed by atoms with van der Waals surface area (Å²) in [5.41, 5.74) is 1.25. The Bertz CT molecular complexity index is 733. The molecule has 3 rings (SSSR count). The molecule has 1 fully saturated rings. The van der Waals surface area contributed by atoms with Gasteiger partial charge in [0.25, 0.3) is 5.91 Å². The summed E-state index contributed by atoms with van der Waals surface area (Å²) < 4.78 is 0.365. The molecular weight excluding hydrogens is 334 g/mol. The molecule has 6 nitrogen and oxygen atoms in total. The number of amides is 3. The van der Waals surface area contributed by atoms with Gasteiger partial charge in [0.1, 0.15) is 5.92 Å². The molecule has 2 aliphatic heterocycles. The fraction of sp³-hybridized carbons (Fsp3) is 0.267. The van der Waals surface area contributed by atoms with Gasteiger partial charge in [-0.25, -0.2) is 0 Å². The Balaban J connectivity index is 1.75. The molecule has 3 amide bonds. The number of carbonyl (C=O) groups is 3. The highest BCUT2D eigenvalue weighted by atomic mass is 32.2. The lowest BCUT2D eigenvalue weighted by molar-refractivity contribution is -0.124. The number of benzene rings is 1. The maximum absolute atomic E-state index is 12.6. The zero-order valence-corrected chi connectivity index (χ0v) is 13.8. The van der Waals surface area contributed by atoms with E-state index in [9.17, 15) is 14.4 Å². The minimum atomic E-state index is -0.654. The van der Waals surface area contributed by atoms with Crippen molar-refractivity contribution in [3.63, 3.8) is 0 Å². The van der Waals surface area contributed by atoms with Crippen LogP contribution in [0.25, 0.3) is 0 Å². The third kappa shape index (κ3) is 3.04. The lowest BCUT2D eigenvalue weighted by Crippen LogP contribution is -2.32. The summed E-state index contributed by atoms with van der Waals surface area (Å²) in [5.74, 6) is -1.57. The number of thioether (sulfide) groups is 1. The number of thiocarbonyl (C=S) groups is 1. The van der Waals surface area contributed by atoms with Gasteiger partial charge in [-0.1, -0.05) is 30.4 Å². The summed E-state index contributed by atoms with van der Waals surface area (Å²) in [7, 11) is 0. The zero-order valence-electron chi connectivity index (χ0n) is 12.2. The average Bonchev–Trinajstić information content (AvgIpc) is 2.98. The first-order valence-electron chi connectivity index (χ1n) is 6.95. The number of hydrazone groups is 1. The van der Waals surface area contributed by atoms with Crippen LogP contribution in [0.2, 0.25) is 0 Å². The second-order valence-electron chi connectivity index (χ2n) is 5.20. The second kappa shape index (κ2) is 6.21. The first-order valence-corrected chi connectivity index (χ1v) is 8.24. The summed E-state index contributed by atoms with van der Waals surface area (Å²) in [4.78, 5) is 35.5. The van der Waals surface area contributed by atoms with Gasteiger partial charge in [-0.3, -0.25) is 19.7 Å². The summed E-state index contributed by atoms with van der Waals surface area (Å²) in [5, 5.41) is 7.28. The predicted octanol–water partition coefficient (Wildman–Crippen LogP) is 1.50. The largest absolute Gasteiger partial charge is 0.295 e. The molecule has 1 aromatic carbocycles. The number of imide groups is 1. The van der Waals surface area contributed by atoms with Crippen molar-refractivity contribution in [2.45, 2.75) is 18.6 Å². The van der Waals surface area contributed by atoms with E-state index in [-0.39, 0.29) is 24.1 Å². The minimum absolute atomic E-state index is 0.0864. The predicted molar refractivity (Wildman–Crippen MR) is 92.3 cm³/mol. The van der Waals surface area contributed by atoms with Gasteiger partial charge in [-0.05, 0) is 19.1 Å². The Morgan fingerprint density at radius 2 is 2.00 bits per heavy atom. The van der Waals surface area contributed by atoms with Crippen LogP contribution in [-0.4, -0.2) is 32.9 Å². The SMILES string of the molecule is CC1=NN(c2ccccc2)C(=O)[C@H]1C(=S)S[C@H]1CC(=O)NC1=O. The van der Waals surface area contributed by atoms with Crippen LogP contribution in [0.15, 0.2) is 35.4 Å². The number of rotatable bonds is 3. The van der Waals surface area contributed by atoms with Crippen LogP contribution < -0.4 is 10.3 Å². The third-order valence-corrected chi connectivity index (χ3v) is 5.21. The summed E-state index contributed by atoms with van der Waals surface area (Å²) in [6.07, 6.45) is 0.0864. The summed E-state index contributed by atoms with van der Waals surface area (Å²) >= 11 is 6.43. The van der Waals surface area contributed by atoms with Crippen LogP contribution in [0.5, 0.6) is 0 Å². The van der Waals surface area contributed by atoms with Crippen LogP contribution >= 0.6 is 24.0 Å². The smallest absolute Gasteiger partial charge is 0.262 e. The fourth-order valence-electron chi connectivity index (χ4n) is 2.42. The van der Waals surface area contributed by atoms with Crippen LogP contribution in [0.1, 0.15) is 13.3 Å². The van der Waals surface area contributed by atoms with Crippen molar-refractivity contribution in [3.8, 4) is 0 Å². The molecule has 0 unspecified atom stereocenters. The van der Waals surface area contributed by atoms with Crippen molar-refractivity contribution in [2.75, 3.05) is 5.01 Å². The number of nitrogens with zero attached hydrogens (tertiary/aromatic N) is 2. The summed E-state index contributed by atoms with van der Waals surface area (Å²) in [6, 6.07) is 9.08. The quantitative estimate of drug-likeness (QED) is 0.662. The van der Waals surface area contributed by atoms with E-state index < -0.39 is 11.2 Å². The standard InChI is InChI=1S/C15H13N3O3S2/c1-8-12(15(22)23-10-7-11(19)16-13(10)20)14(21)18(17-8)9-5-3-2-4-6-9/h2-6,10,12H,7H2,1H3,(H,16,19,20)/t10-,12-/m0/s1. The van der Waals surface area contributed by atoms with E-state index in [0.717, 1.165) is 11.8 Å². The maximum atomic E-state index is 12.6. The van der Waals surface area contributed by atoms with Gasteiger partial charge < -0.3 is 0 Å². The first-order chi connectivity index (χ1) is 11.0. The first kappa shape index (κ1) is 15.8. The van der Waals surface area contributed by atoms with Crippen molar-refractivity contribution in [1.29, 1.82) is 0 Å². The molecule has 0 saturated carbocycles. The highest BCUT2D eigenvalue weighted by Gasteiger charge is 2.40. The Hall–Kier alpha value is -2.06. The van der Waals surface area contributed by atoms with E-state index in [1.54, 1.807) is 19.1 Å². The lowest BCUT2D eigenvalue weighted by Gasteiger charge is -2.15. The van der Waals surface area contributed by atoms with E-state index in [1.165, 1.54) is 5.01 Å². The molecule has 23 heavy (non-hydrogen) atoms. The fourth-order valence-corrected chi connectivity index (χ4v) is 4.13. The van der Waals surface area contributed by atoms with Crippen molar-refractivity contribution >= 4 is 57.3 Å². The third-order valence-electron chi connectivity index (χ3n) is 3.55. The Labute approximate surface area is 142 Å². The van der Waals surface area contributed by atoms with Crippen molar-refractivity contribution in [3.05, 3.63) is 30.3 Å². The Morgan fingerprint density at radius 1 is 1.30 bits per heavy atom. The van der Waals surface area contributed by atoms with Gasteiger partial charge in [0.2, 0.25) is 11.8 Å². The molecule has 2 aliphatic rings. The van der Waals surface area contributed by atoms with Crippen LogP contribution in [0.4, 0.5) is 5.69 Å². The second-order valence-corrected chi connectivity index (χ2v) is 7.14. The monoisotopic (exact) mass is 347 g/mol. The highest BCUT2D eigenvalue weighted by molar-refractivity contribution is 8.24. The van der Waals surface area contributed by atoms with E-state index in [4.69, 9.17) is 12.2 Å². The van der Waals surface area contributed by atoms with Gasteiger partial charge in [-0.15, -0.1) is 11.8 Å². The average molecular weight is 347 g/mol. The Kier molecular flexibility index (Phi) is 4.27. The number of para-hydroxylation sites is 1. The molecule has 118 valence electrons. The molecule has 2 heterocycles. The zero-order chi connectivity index (χ0) is 16.6. The van der Waals surface area contributed by atoms with Crippen molar-refractivity contribution in [2.24, 2.45) is 11.0 Å². The molecule has 0 aliphatic carbocycles. The highest BCUT2D eigenvalue weighted by Crippen LogP contribution is 2.31. The number of anilines is 1. The van der Waals surface area contributed by atoms with E-state index in [1.807, 2.05) is 18.2 Å². The molecule has 0 aromatic heterocycles. The van der Waals surface area contributed by atoms with Crippen LogP contribution in [0.3, 0.4) is 0 Å². The maximum Gasteiger partial charge on any atom is 0.262 e. The molecule has 1 aromatic rings. The molecule has 0 radical (unpaired) electrons. The number of hydrogen-bond acceptors (Lipinski definition) is 6. The van der Waals surface area contributed by atoms with Crippen LogP contribution in [-0.2, 0) is 14.4 Å².